The number of hydrogen-bond donors (Lipinski definition) is 5. The number of anilines is 3. The number of carbonyl (C=O) groups is 4. The standard InChI is InChI=1S/C62H84N10O7S/c1-42(44-27-29-45(30-28-44)57-43(2)64-41-80-57)65-60(77)52-37-48(73)39-72(52)61(78)58(62(3,4)5)66-55(75)25-14-12-10-8-6-7-9-11-13-15-26-56(76)70-34-32-69(33-35-70)46-20-18-21-47(36-46)71-31-19-22-49(40-71)79-54-38-51(67-68-59(54)63)50-23-16-17-24-53(50)74/h16-18,20-21,23-24,27-30,36,38,41-42,48-49,52,58,73-74H,6-15,19,22,25-26,31-35,37,39-40H2,1-5H3,(H2,63,68)(H,65,77)(H,66,75)/t42?,48-,49?,52+,58?/m1/s1. The quantitative estimate of drug-likeness (QED) is 0.0364. The van der Waals surface area contributed by atoms with Gasteiger partial charge in [-0.15, -0.1) is 21.5 Å². The predicted molar refractivity (Wildman–Crippen MR) is 316 cm³/mol. The fraction of sp³-hybridized carbons (Fsp3) is 0.532. The second kappa shape index (κ2) is 28.1. The number of aliphatic hydroxyl groups is 1. The summed E-state index contributed by atoms with van der Waals surface area (Å²) in [4.78, 5) is 68.0. The molecule has 4 amide bonds. The molecule has 3 aliphatic rings. The number of phenolic OH excluding ortho intramolecular Hbond substituents is 1. The summed E-state index contributed by atoms with van der Waals surface area (Å²) in [5.74, 6) is 0.175. The van der Waals surface area contributed by atoms with Crippen molar-refractivity contribution < 1.29 is 34.1 Å². The second-order valence-corrected chi connectivity index (χ2v) is 24.0. The number of para-hydroxylation sites is 1. The number of aryl methyl sites for hydroxylation is 1. The van der Waals surface area contributed by atoms with Gasteiger partial charge in [-0.3, -0.25) is 19.2 Å². The fourth-order valence-corrected chi connectivity index (χ4v) is 12.0. The number of thiazole rings is 1. The van der Waals surface area contributed by atoms with Gasteiger partial charge in [0, 0.05) is 81.5 Å². The average Bonchev–Trinajstić information content (AvgIpc) is 4.11. The molecular weight excluding hydrogens is 1030 g/mol. The topological polar surface area (TPSA) is 220 Å². The number of piperazine rings is 1. The van der Waals surface area contributed by atoms with Gasteiger partial charge in [0.1, 0.15) is 29.6 Å². The average molecular weight is 1110 g/mol. The Hall–Kier alpha value is -6.79. The zero-order valence-electron chi connectivity index (χ0n) is 47.6. The Balaban J connectivity index is 0.666. The smallest absolute Gasteiger partial charge is 0.246 e. The van der Waals surface area contributed by atoms with Crippen LogP contribution in [0.3, 0.4) is 0 Å². The SMILES string of the molecule is Cc1ncsc1-c1ccc(C(C)NC(=O)[C@@H]2C[C@@H](O)CN2C(=O)C(NC(=O)CCCCCCCCCCCCC(=O)N2CCN(c3cccc(N4CCCC(Oc5cc(-c6ccccc6O)nnc5N)C4)c3)CC2)C(C)(C)C)cc1. The van der Waals surface area contributed by atoms with Gasteiger partial charge in [0.25, 0.3) is 0 Å². The van der Waals surface area contributed by atoms with Crippen molar-refractivity contribution in [2.45, 2.75) is 161 Å². The van der Waals surface area contributed by atoms with Gasteiger partial charge in [-0.05, 0) is 86.4 Å². The van der Waals surface area contributed by atoms with Gasteiger partial charge in [0.2, 0.25) is 23.6 Å². The first-order valence-corrected chi connectivity index (χ1v) is 29.9. The molecule has 0 spiro atoms. The molecule has 18 heteroatoms. The fourth-order valence-electron chi connectivity index (χ4n) is 11.2. The van der Waals surface area contributed by atoms with E-state index in [9.17, 15) is 29.4 Å². The number of unbranched alkanes of at least 4 members (excludes halogenated alkanes) is 9. The Labute approximate surface area is 476 Å². The van der Waals surface area contributed by atoms with Crippen LogP contribution in [0.2, 0.25) is 0 Å². The van der Waals surface area contributed by atoms with Crippen molar-refractivity contribution in [3.05, 3.63) is 95.6 Å². The van der Waals surface area contributed by atoms with Crippen LogP contribution in [-0.2, 0) is 19.2 Å². The first-order valence-electron chi connectivity index (χ1n) is 29.1. The first kappa shape index (κ1) is 59.3. The van der Waals surface area contributed by atoms with Gasteiger partial charge >= 0.3 is 0 Å². The van der Waals surface area contributed by atoms with Crippen LogP contribution in [-0.4, -0.2) is 129 Å². The van der Waals surface area contributed by atoms with Crippen molar-refractivity contribution in [1.29, 1.82) is 0 Å². The third-order valence-corrected chi connectivity index (χ3v) is 16.9. The zero-order valence-corrected chi connectivity index (χ0v) is 48.4. The van der Waals surface area contributed by atoms with E-state index in [4.69, 9.17) is 10.5 Å². The number of ether oxygens (including phenoxy) is 1. The van der Waals surface area contributed by atoms with Crippen molar-refractivity contribution in [3.8, 4) is 33.2 Å². The van der Waals surface area contributed by atoms with Gasteiger partial charge < -0.3 is 50.9 Å². The van der Waals surface area contributed by atoms with E-state index in [0.29, 0.717) is 49.5 Å². The lowest BCUT2D eigenvalue weighted by Gasteiger charge is -2.38. The number of amides is 4. The molecule has 3 saturated heterocycles. The van der Waals surface area contributed by atoms with Crippen molar-refractivity contribution in [2.24, 2.45) is 5.41 Å². The van der Waals surface area contributed by atoms with Crippen LogP contribution in [0.1, 0.15) is 141 Å². The van der Waals surface area contributed by atoms with E-state index in [1.807, 2.05) is 75.4 Å². The second-order valence-electron chi connectivity index (χ2n) is 23.1. The maximum absolute atomic E-state index is 14.1. The van der Waals surface area contributed by atoms with E-state index in [1.54, 1.807) is 35.6 Å². The highest BCUT2D eigenvalue weighted by Crippen LogP contribution is 2.34. The number of phenols is 1. The third kappa shape index (κ3) is 16.0. The molecule has 3 unspecified atom stereocenters. The van der Waals surface area contributed by atoms with Gasteiger partial charge in [0.05, 0.1) is 34.8 Å². The largest absolute Gasteiger partial charge is 0.507 e. The summed E-state index contributed by atoms with van der Waals surface area (Å²) in [7, 11) is 0. The molecule has 0 bridgehead atoms. The third-order valence-electron chi connectivity index (χ3n) is 15.9. The number of nitrogen functional groups attached to an aromatic ring is 1. The van der Waals surface area contributed by atoms with Gasteiger partial charge in [-0.25, -0.2) is 4.98 Å². The number of benzene rings is 3. The van der Waals surface area contributed by atoms with E-state index < -0.39 is 23.6 Å². The molecule has 0 saturated carbocycles. The van der Waals surface area contributed by atoms with Gasteiger partial charge in [0.15, 0.2) is 11.6 Å². The summed E-state index contributed by atoms with van der Waals surface area (Å²) in [6.45, 7) is 14.3. The molecule has 80 heavy (non-hydrogen) atoms. The van der Waals surface area contributed by atoms with Crippen LogP contribution in [0.25, 0.3) is 21.7 Å². The minimum Gasteiger partial charge on any atom is -0.507 e. The van der Waals surface area contributed by atoms with Crippen LogP contribution < -0.4 is 30.9 Å². The number of carbonyl (C=O) groups excluding carboxylic acids is 4. The maximum atomic E-state index is 14.1. The van der Waals surface area contributed by atoms with Crippen molar-refractivity contribution >= 4 is 52.2 Å². The minimum atomic E-state index is -0.850. The molecule has 6 N–H and O–H groups in total. The van der Waals surface area contributed by atoms with Crippen molar-refractivity contribution in [3.63, 3.8) is 0 Å². The Kier molecular flexibility index (Phi) is 20.8. The molecule has 0 aliphatic carbocycles. The molecule has 430 valence electrons. The lowest BCUT2D eigenvalue weighted by Crippen LogP contribution is -2.57. The van der Waals surface area contributed by atoms with Crippen LogP contribution in [0.4, 0.5) is 17.2 Å². The van der Waals surface area contributed by atoms with E-state index in [2.05, 4.69) is 59.9 Å². The first-order chi connectivity index (χ1) is 38.5. The summed E-state index contributed by atoms with van der Waals surface area (Å²) < 4.78 is 6.42. The number of hydrogen-bond acceptors (Lipinski definition) is 14. The number of nitrogens with zero attached hydrogens (tertiary/aromatic N) is 7. The highest BCUT2D eigenvalue weighted by Gasteiger charge is 2.45. The highest BCUT2D eigenvalue weighted by atomic mass is 32.1. The molecule has 5 heterocycles. The van der Waals surface area contributed by atoms with Crippen molar-refractivity contribution in [1.82, 2.24) is 35.6 Å². The number of aromatic nitrogens is 3. The number of β-amino-alcohol motifs (C(OH)–C–C–N with tert-alkyl or cyclic N) is 1. The van der Waals surface area contributed by atoms with Crippen LogP contribution in [0, 0.1) is 12.3 Å². The summed E-state index contributed by atoms with van der Waals surface area (Å²) in [5, 5.41) is 35.4. The molecule has 3 aliphatic heterocycles. The number of nitrogens with one attached hydrogen (secondary N) is 2. The minimum absolute atomic E-state index is 0.0322. The Bertz CT molecular complexity index is 2850. The molecular formula is C62H84N10O7S. The molecule has 2 aromatic heterocycles. The number of aromatic hydroxyl groups is 1. The normalized spacial score (nSPS) is 18.4. The van der Waals surface area contributed by atoms with Crippen LogP contribution >= 0.6 is 11.3 Å². The zero-order chi connectivity index (χ0) is 56.8. The number of nitrogens with two attached hydrogens (primary N) is 1. The maximum Gasteiger partial charge on any atom is 0.246 e. The lowest BCUT2D eigenvalue weighted by atomic mass is 9.85. The van der Waals surface area contributed by atoms with E-state index in [-0.39, 0.29) is 60.3 Å². The van der Waals surface area contributed by atoms with Gasteiger partial charge in [-0.1, -0.05) is 115 Å². The Morgan fingerprint density at radius 2 is 1.45 bits per heavy atom. The lowest BCUT2D eigenvalue weighted by molar-refractivity contribution is -0.144. The van der Waals surface area contributed by atoms with E-state index >= 15 is 0 Å². The predicted octanol–water partition coefficient (Wildman–Crippen LogP) is 9.61. The van der Waals surface area contributed by atoms with Gasteiger partial charge in [-0.2, -0.15) is 0 Å². The van der Waals surface area contributed by atoms with E-state index in [0.717, 1.165) is 130 Å². The summed E-state index contributed by atoms with van der Waals surface area (Å²) in [6, 6.07) is 23.4. The number of rotatable bonds is 24. The molecule has 17 nitrogen and oxygen atoms in total. The number of piperidine rings is 1. The van der Waals surface area contributed by atoms with Crippen LogP contribution in [0.5, 0.6) is 11.5 Å². The molecule has 8 rings (SSSR count). The molecule has 3 fully saturated rings. The Morgan fingerprint density at radius 3 is 2.11 bits per heavy atom. The molecule has 3 aromatic carbocycles. The van der Waals surface area contributed by atoms with Crippen LogP contribution in [0.15, 0.2) is 84.4 Å². The summed E-state index contributed by atoms with van der Waals surface area (Å²) in [6.07, 6.45) is 12.3. The molecule has 5 atom stereocenters. The monoisotopic (exact) mass is 1110 g/mol. The summed E-state index contributed by atoms with van der Waals surface area (Å²) in [5.41, 5.74) is 13.7. The van der Waals surface area contributed by atoms with E-state index in [1.165, 1.54) is 4.90 Å². The number of likely N-dealkylation sites (tertiary alicyclic amines) is 1. The Morgan fingerprint density at radius 1 is 0.787 bits per heavy atom. The van der Waals surface area contributed by atoms with Crippen molar-refractivity contribution in [2.75, 3.05) is 61.3 Å². The molecule has 0 radical (unpaired) electrons. The highest BCUT2D eigenvalue weighted by molar-refractivity contribution is 7.13. The molecule has 5 aromatic rings. The summed E-state index contributed by atoms with van der Waals surface area (Å²) >= 11 is 1.59. The number of aliphatic hydroxyl groups excluding tert-OH is 1.